The fourth-order valence-electron chi connectivity index (χ4n) is 5.38. The van der Waals surface area contributed by atoms with E-state index in [1.807, 2.05) is 7.05 Å². The van der Waals surface area contributed by atoms with Gasteiger partial charge in [0.2, 0.25) is 5.91 Å². The number of rotatable bonds is 7. The van der Waals surface area contributed by atoms with Gasteiger partial charge in [0.25, 0.3) is 5.91 Å². The summed E-state index contributed by atoms with van der Waals surface area (Å²) in [6, 6.07) is 0. The predicted molar refractivity (Wildman–Crippen MR) is 112 cm³/mol. The minimum Gasteiger partial charge on any atom is -0.356 e. The third-order valence-electron chi connectivity index (χ3n) is 6.99. The van der Waals surface area contributed by atoms with Gasteiger partial charge in [0.15, 0.2) is 0 Å². The molecule has 3 aliphatic rings. The number of carbonyl (C=O) groups is 2. The Hall–Kier alpha value is -1.52. The number of likely N-dealkylation sites (N-methyl/N-ethyl adjacent to an activating group) is 1. The molecule has 3 rings (SSSR count). The van der Waals surface area contributed by atoms with Gasteiger partial charge >= 0.3 is 0 Å². The van der Waals surface area contributed by atoms with Gasteiger partial charge in [0.1, 0.15) is 11.4 Å². The second-order valence-corrected chi connectivity index (χ2v) is 9.26. The molecule has 3 fully saturated rings. The van der Waals surface area contributed by atoms with Gasteiger partial charge in [0.05, 0.1) is 0 Å². The highest BCUT2D eigenvalue weighted by atomic mass is 16.2. The van der Waals surface area contributed by atoms with E-state index in [2.05, 4.69) is 23.6 Å². The standard InChI is InChI=1S/C23H39N3O2/c1-3-10-20-25-23(22(28)26(20)2,16-19-13-8-5-9-14-19)17-24-21(27)15-18-11-6-4-7-12-18/h10,18-19,25H,3-9,11-17H2,1-2H3,(H,24,27)/b20-10+. The number of hydrogen-bond acceptors (Lipinski definition) is 3. The molecule has 0 aromatic rings. The molecular weight excluding hydrogens is 350 g/mol. The molecule has 2 saturated carbocycles. The summed E-state index contributed by atoms with van der Waals surface area (Å²) in [6.07, 6.45) is 16.8. The van der Waals surface area contributed by atoms with Gasteiger partial charge in [0, 0.05) is 20.0 Å². The highest BCUT2D eigenvalue weighted by Gasteiger charge is 2.48. The number of nitrogens with zero attached hydrogens (tertiary/aromatic N) is 1. The summed E-state index contributed by atoms with van der Waals surface area (Å²) in [5.41, 5.74) is -0.681. The van der Waals surface area contributed by atoms with Crippen LogP contribution in [0, 0.1) is 11.8 Å². The molecule has 5 nitrogen and oxygen atoms in total. The monoisotopic (exact) mass is 389 g/mol. The summed E-state index contributed by atoms with van der Waals surface area (Å²) < 4.78 is 0. The van der Waals surface area contributed by atoms with Crippen molar-refractivity contribution < 1.29 is 9.59 Å². The van der Waals surface area contributed by atoms with E-state index in [1.54, 1.807) is 4.90 Å². The molecule has 0 bridgehead atoms. The topological polar surface area (TPSA) is 61.4 Å². The normalized spacial score (nSPS) is 28.6. The molecule has 1 atom stereocenters. The Labute approximate surface area is 170 Å². The highest BCUT2D eigenvalue weighted by molar-refractivity contribution is 5.91. The number of carbonyl (C=O) groups excluding carboxylic acids is 2. The van der Waals surface area contributed by atoms with Crippen LogP contribution in [0.15, 0.2) is 11.9 Å². The lowest BCUT2D eigenvalue weighted by Gasteiger charge is -2.33. The van der Waals surface area contributed by atoms with E-state index >= 15 is 0 Å². The van der Waals surface area contributed by atoms with Crippen LogP contribution in [-0.4, -0.2) is 35.8 Å². The molecule has 0 spiro atoms. The smallest absolute Gasteiger partial charge is 0.255 e. The molecule has 2 aliphatic carbocycles. The van der Waals surface area contributed by atoms with Crippen molar-refractivity contribution in [3.05, 3.63) is 11.9 Å². The van der Waals surface area contributed by atoms with Crippen molar-refractivity contribution in [2.75, 3.05) is 13.6 Å². The quantitative estimate of drug-likeness (QED) is 0.689. The average molecular weight is 390 g/mol. The number of allylic oxidation sites excluding steroid dienone is 1. The van der Waals surface area contributed by atoms with Crippen LogP contribution in [-0.2, 0) is 9.59 Å². The number of hydrogen-bond donors (Lipinski definition) is 2. The Morgan fingerprint density at radius 3 is 2.32 bits per heavy atom. The molecular formula is C23H39N3O2. The number of nitrogens with one attached hydrogen (secondary N) is 2. The molecule has 0 radical (unpaired) electrons. The molecule has 1 unspecified atom stereocenters. The molecule has 1 heterocycles. The summed E-state index contributed by atoms with van der Waals surface area (Å²) in [5, 5.41) is 6.67. The molecule has 2 amide bonds. The minimum atomic E-state index is -0.681. The van der Waals surface area contributed by atoms with E-state index in [-0.39, 0.29) is 11.8 Å². The first kappa shape index (κ1) is 21.2. The van der Waals surface area contributed by atoms with Crippen LogP contribution in [0.1, 0.15) is 90.4 Å². The predicted octanol–water partition coefficient (Wildman–Crippen LogP) is 4.10. The fraction of sp³-hybridized carbons (Fsp3) is 0.826. The van der Waals surface area contributed by atoms with E-state index in [0.29, 0.717) is 24.8 Å². The van der Waals surface area contributed by atoms with Crippen molar-refractivity contribution in [1.82, 2.24) is 15.5 Å². The van der Waals surface area contributed by atoms with Gasteiger partial charge in [-0.15, -0.1) is 0 Å². The van der Waals surface area contributed by atoms with Crippen LogP contribution in [0.5, 0.6) is 0 Å². The highest BCUT2D eigenvalue weighted by Crippen LogP contribution is 2.35. The second kappa shape index (κ2) is 9.80. The van der Waals surface area contributed by atoms with Crippen LogP contribution < -0.4 is 10.6 Å². The zero-order chi connectivity index (χ0) is 20.0. The lowest BCUT2D eigenvalue weighted by Crippen LogP contribution is -2.56. The van der Waals surface area contributed by atoms with E-state index < -0.39 is 5.54 Å². The summed E-state index contributed by atoms with van der Waals surface area (Å²) in [4.78, 5) is 27.6. The van der Waals surface area contributed by atoms with Crippen LogP contribution in [0.4, 0.5) is 0 Å². The van der Waals surface area contributed by atoms with Gasteiger partial charge < -0.3 is 10.6 Å². The Morgan fingerprint density at radius 2 is 1.71 bits per heavy atom. The zero-order valence-electron chi connectivity index (χ0n) is 17.9. The summed E-state index contributed by atoms with van der Waals surface area (Å²) in [6.45, 7) is 2.49. The minimum absolute atomic E-state index is 0.107. The van der Waals surface area contributed by atoms with Crippen molar-refractivity contribution >= 4 is 11.8 Å². The lowest BCUT2D eigenvalue weighted by atomic mass is 9.79. The molecule has 1 saturated heterocycles. The van der Waals surface area contributed by atoms with Crippen LogP contribution >= 0.6 is 0 Å². The van der Waals surface area contributed by atoms with Crippen LogP contribution in [0.25, 0.3) is 0 Å². The fourth-order valence-corrected chi connectivity index (χ4v) is 5.38. The van der Waals surface area contributed by atoms with Gasteiger partial charge in [-0.25, -0.2) is 0 Å². The van der Waals surface area contributed by atoms with Crippen molar-refractivity contribution in [3.63, 3.8) is 0 Å². The Morgan fingerprint density at radius 1 is 1.11 bits per heavy atom. The molecule has 2 N–H and O–H groups in total. The van der Waals surface area contributed by atoms with Crippen LogP contribution in [0.2, 0.25) is 0 Å². The van der Waals surface area contributed by atoms with Crippen molar-refractivity contribution in [2.24, 2.45) is 11.8 Å². The molecule has 158 valence electrons. The zero-order valence-corrected chi connectivity index (χ0v) is 17.9. The van der Waals surface area contributed by atoms with Gasteiger partial charge in [-0.2, -0.15) is 0 Å². The summed E-state index contributed by atoms with van der Waals surface area (Å²) in [5.74, 6) is 2.20. The average Bonchev–Trinajstić information content (AvgIpc) is 2.93. The maximum Gasteiger partial charge on any atom is 0.255 e. The van der Waals surface area contributed by atoms with Crippen LogP contribution in [0.3, 0.4) is 0 Å². The molecule has 1 aliphatic heterocycles. The maximum absolute atomic E-state index is 13.3. The van der Waals surface area contributed by atoms with Crippen molar-refractivity contribution in [2.45, 2.75) is 95.9 Å². The first-order valence-electron chi connectivity index (χ1n) is 11.6. The maximum atomic E-state index is 13.3. The summed E-state index contributed by atoms with van der Waals surface area (Å²) in [7, 11) is 1.85. The van der Waals surface area contributed by atoms with Gasteiger partial charge in [-0.1, -0.05) is 58.3 Å². The van der Waals surface area contributed by atoms with E-state index in [4.69, 9.17) is 0 Å². The van der Waals surface area contributed by atoms with Gasteiger partial charge in [-0.05, 0) is 43.6 Å². The van der Waals surface area contributed by atoms with Gasteiger partial charge in [-0.3, -0.25) is 14.5 Å². The van der Waals surface area contributed by atoms with E-state index in [9.17, 15) is 9.59 Å². The Bertz CT molecular complexity index is 576. The first-order chi connectivity index (χ1) is 13.5. The molecule has 0 aromatic carbocycles. The van der Waals surface area contributed by atoms with Crippen molar-refractivity contribution in [1.29, 1.82) is 0 Å². The third-order valence-corrected chi connectivity index (χ3v) is 6.99. The Kier molecular flexibility index (Phi) is 7.42. The first-order valence-corrected chi connectivity index (χ1v) is 11.6. The number of amides is 2. The summed E-state index contributed by atoms with van der Waals surface area (Å²) >= 11 is 0. The molecule has 5 heteroatoms. The molecule has 0 aromatic heterocycles. The Balaban J connectivity index is 1.66. The molecule has 28 heavy (non-hydrogen) atoms. The SMILES string of the molecule is CC/C=C1\NC(CNC(=O)CC2CCCCC2)(CC2CCCCC2)C(=O)N1C. The van der Waals surface area contributed by atoms with Crippen molar-refractivity contribution in [3.8, 4) is 0 Å². The second-order valence-electron chi connectivity index (χ2n) is 9.26. The van der Waals surface area contributed by atoms with E-state index in [0.717, 1.165) is 18.7 Å². The largest absolute Gasteiger partial charge is 0.356 e. The van der Waals surface area contributed by atoms with E-state index in [1.165, 1.54) is 64.2 Å². The lowest BCUT2D eigenvalue weighted by molar-refractivity contribution is -0.131. The third kappa shape index (κ3) is 5.09.